The topological polar surface area (TPSA) is 50.2 Å². The number of benzene rings is 1. The van der Waals surface area contributed by atoms with Gasteiger partial charge in [0.2, 0.25) is 0 Å². The summed E-state index contributed by atoms with van der Waals surface area (Å²) in [6, 6.07) is 8.64. The number of nitrogens with zero attached hydrogens (tertiary/aromatic N) is 3. The summed E-state index contributed by atoms with van der Waals surface area (Å²) in [5.74, 6) is 0. The minimum atomic E-state index is -0.283. The molecule has 1 aliphatic heterocycles. The smallest absolute Gasteiger partial charge is 0.287 e. The number of likely N-dealkylation sites (N-methyl/N-ethyl adjacent to an activating group) is 1. The van der Waals surface area contributed by atoms with E-state index in [-0.39, 0.29) is 16.6 Å². The van der Waals surface area contributed by atoms with E-state index in [0.29, 0.717) is 5.69 Å². The fourth-order valence-corrected chi connectivity index (χ4v) is 3.13. The minimum Gasteiger partial charge on any atom is -0.378 e. The van der Waals surface area contributed by atoms with Crippen molar-refractivity contribution >= 4 is 17.3 Å². The number of rotatable bonds is 2. The molecule has 6 heteroatoms. The van der Waals surface area contributed by atoms with Crippen molar-refractivity contribution in [2.24, 2.45) is 7.05 Å². The molecule has 1 atom stereocenters. The number of hydrogen-bond acceptors (Lipinski definition) is 4. The van der Waals surface area contributed by atoms with Crippen LogP contribution in [-0.2, 0) is 20.0 Å². The zero-order valence-electron chi connectivity index (χ0n) is 12.7. The zero-order valence-corrected chi connectivity index (χ0v) is 13.5. The number of anilines is 1. The molecule has 1 aromatic carbocycles. The lowest BCUT2D eigenvalue weighted by Gasteiger charge is -2.22. The van der Waals surface area contributed by atoms with Crippen molar-refractivity contribution in [3.8, 4) is 0 Å². The number of fused-ring (bicyclic) bond motifs is 1. The lowest BCUT2D eigenvalue weighted by molar-refractivity contribution is 0.320. The van der Waals surface area contributed by atoms with E-state index in [1.165, 1.54) is 15.8 Å². The largest absolute Gasteiger partial charge is 0.378 e. The van der Waals surface area contributed by atoms with Gasteiger partial charge in [-0.15, -0.1) is 0 Å². The van der Waals surface area contributed by atoms with E-state index in [1.807, 2.05) is 0 Å². The molecule has 0 amide bonds. The molecule has 116 valence electrons. The van der Waals surface area contributed by atoms with Crippen LogP contribution in [0.1, 0.15) is 11.1 Å². The number of hydrogen-bond donors (Lipinski definition) is 1. The minimum absolute atomic E-state index is 0.181. The molecule has 0 saturated carbocycles. The summed E-state index contributed by atoms with van der Waals surface area (Å²) in [6.07, 6.45) is 2.51. The van der Waals surface area contributed by atoms with Crippen LogP contribution in [0.15, 0.2) is 35.3 Å². The summed E-state index contributed by atoms with van der Waals surface area (Å²) >= 11 is 6.15. The highest BCUT2D eigenvalue weighted by molar-refractivity contribution is 6.32. The third-order valence-corrected chi connectivity index (χ3v) is 4.36. The second kappa shape index (κ2) is 6.10. The van der Waals surface area contributed by atoms with Crippen molar-refractivity contribution in [2.75, 3.05) is 18.9 Å². The Balaban J connectivity index is 1.87. The first-order chi connectivity index (χ1) is 10.5. The Kier molecular flexibility index (Phi) is 4.18. The van der Waals surface area contributed by atoms with Gasteiger partial charge in [-0.1, -0.05) is 35.9 Å². The Hall–Kier alpha value is -1.85. The van der Waals surface area contributed by atoms with Gasteiger partial charge in [0, 0.05) is 26.2 Å². The SMILES string of the molecule is CN1Cc2ccccc2CC(Nc2cnn(C)c(=O)c2Cl)C1. The Bertz CT molecular complexity index is 743. The molecular formula is C16H19ClN4O. The fourth-order valence-electron chi connectivity index (χ4n) is 2.90. The van der Waals surface area contributed by atoms with Crippen molar-refractivity contribution in [1.82, 2.24) is 14.7 Å². The van der Waals surface area contributed by atoms with Crippen LogP contribution in [0, 0.1) is 0 Å². The Labute approximate surface area is 134 Å². The molecule has 0 spiro atoms. The highest BCUT2D eigenvalue weighted by Crippen LogP contribution is 2.22. The fraction of sp³-hybridized carbons (Fsp3) is 0.375. The first-order valence-corrected chi connectivity index (χ1v) is 7.66. The van der Waals surface area contributed by atoms with Crippen LogP contribution in [0.2, 0.25) is 5.02 Å². The second-order valence-electron chi connectivity index (χ2n) is 5.81. The molecule has 2 heterocycles. The first kappa shape index (κ1) is 15.1. The van der Waals surface area contributed by atoms with E-state index >= 15 is 0 Å². The van der Waals surface area contributed by atoms with Crippen LogP contribution < -0.4 is 10.9 Å². The molecule has 0 aliphatic carbocycles. The Morgan fingerprint density at radius 3 is 2.77 bits per heavy atom. The van der Waals surface area contributed by atoms with Crippen LogP contribution in [0.25, 0.3) is 0 Å². The van der Waals surface area contributed by atoms with Crippen LogP contribution in [0.4, 0.5) is 5.69 Å². The van der Waals surface area contributed by atoms with Crippen molar-refractivity contribution < 1.29 is 0 Å². The molecule has 1 aromatic heterocycles. The van der Waals surface area contributed by atoms with E-state index in [1.54, 1.807) is 13.2 Å². The van der Waals surface area contributed by atoms with Gasteiger partial charge < -0.3 is 10.2 Å². The quantitative estimate of drug-likeness (QED) is 0.919. The zero-order chi connectivity index (χ0) is 15.7. The van der Waals surface area contributed by atoms with Gasteiger partial charge in [-0.05, 0) is 24.6 Å². The van der Waals surface area contributed by atoms with Crippen molar-refractivity contribution in [2.45, 2.75) is 19.0 Å². The molecule has 0 fully saturated rings. The Morgan fingerprint density at radius 1 is 1.27 bits per heavy atom. The van der Waals surface area contributed by atoms with Gasteiger partial charge in [0.15, 0.2) is 0 Å². The van der Waals surface area contributed by atoms with Crippen LogP contribution in [-0.4, -0.2) is 34.3 Å². The van der Waals surface area contributed by atoms with Gasteiger partial charge in [-0.2, -0.15) is 5.10 Å². The number of halogens is 1. The van der Waals surface area contributed by atoms with Crippen LogP contribution in [0.3, 0.4) is 0 Å². The van der Waals surface area contributed by atoms with Crippen molar-refractivity contribution in [3.63, 3.8) is 0 Å². The maximum Gasteiger partial charge on any atom is 0.287 e. The molecule has 5 nitrogen and oxygen atoms in total. The summed E-state index contributed by atoms with van der Waals surface area (Å²) in [5.41, 5.74) is 3.00. The molecule has 3 rings (SSSR count). The van der Waals surface area contributed by atoms with Gasteiger partial charge in [0.05, 0.1) is 11.9 Å². The molecule has 2 aromatic rings. The molecule has 0 bridgehead atoms. The van der Waals surface area contributed by atoms with Crippen molar-refractivity contribution in [3.05, 3.63) is 57.0 Å². The van der Waals surface area contributed by atoms with Gasteiger partial charge >= 0.3 is 0 Å². The van der Waals surface area contributed by atoms with E-state index in [9.17, 15) is 4.79 Å². The monoisotopic (exact) mass is 318 g/mol. The molecular weight excluding hydrogens is 300 g/mol. The average molecular weight is 319 g/mol. The standard InChI is InChI=1S/C16H19ClN4O/c1-20-9-12-6-4-3-5-11(12)7-13(10-20)19-14-8-18-21(2)16(22)15(14)17/h3-6,8,13,19H,7,9-10H2,1-2H3. The molecule has 1 unspecified atom stereocenters. The maximum absolute atomic E-state index is 11.9. The van der Waals surface area contributed by atoms with Gasteiger partial charge in [0.1, 0.15) is 5.02 Å². The highest BCUT2D eigenvalue weighted by atomic mass is 35.5. The maximum atomic E-state index is 11.9. The van der Waals surface area contributed by atoms with E-state index < -0.39 is 0 Å². The lowest BCUT2D eigenvalue weighted by atomic mass is 10.0. The molecule has 0 radical (unpaired) electrons. The third-order valence-electron chi connectivity index (χ3n) is 3.99. The third kappa shape index (κ3) is 3.00. The number of aryl methyl sites for hydroxylation is 1. The normalized spacial score (nSPS) is 18.6. The van der Waals surface area contributed by atoms with Gasteiger partial charge in [-0.3, -0.25) is 4.79 Å². The summed E-state index contributed by atoms with van der Waals surface area (Å²) < 4.78 is 1.24. The highest BCUT2D eigenvalue weighted by Gasteiger charge is 2.20. The molecule has 1 aliphatic rings. The summed E-state index contributed by atoms with van der Waals surface area (Å²) in [6.45, 7) is 1.80. The van der Waals surface area contributed by atoms with Crippen LogP contribution >= 0.6 is 11.6 Å². The summed E-state index contributed by atoms with van der Waals surface area (Å²) in [4.78, 5) is 14.1. The molecule has 0 saturated heterocycles. The summed E-state index contributed by atoms with van der Waals surface area (Å²) in [7, 11) is 3.69. The van der Waals surface area contributed by atoms with E-state index in [4.69, 9.17) is 11.6 Å². The van der Waals surface area contributed by atoms with Crippen LogP contribution in [0.5, 0.6) is 0 Å². The predicted octanol–water partition coefficient (Wildman–Crippen LogP) is 1.90. The predicted molar refractivity (Wildman–Crippen MR) is 88.4 cm³/mol. The molecule has 22 heavy (non-hydrogen) atoms. The molecule has 1 N–H and O–H groups in total. The van der Waals surface area contributed by atoms with Gasteiger partial charge in [0.25, 0.3) is 5.56 Å². The lowest BCUT2D eigenvalue weighted by Crippen LogP contribution is -2.34. The van der Waals surface area contributed by atoms with E-state index in [0.717, 1.165) is 19.5 Å². The van der Waals surface area contributed by atoms with E-state index in [2.05, 4.69) is 46.6 Å². The number of aromatic nitrogens is 2. The number of nitrogens with one attached hydrogen (secondary N) is 1. The first-order valence-electron chi connectivity index (χ1n) is 7.28. The summed E-state index contributed by atoms with van der Waals surface area (Å²) in [5, 5.41) is 7.61. The van der Waals surface area contributed by atoms with Gasteiger partial charge in [-0.25, -0.2) is 4.68 Å². The second-order valence-corrected chi connectivity index (χ2v) is 6.19. The van der Waals surface area contributed by atoms with Crippen molar-refractivity contribution in [1.29, 1.82) is 0 Å². The average Bonchev–Trinajstić information content (AvgIpc) is 2.65. The Morgan fingerprint density at radius 2 is 2.00 bits per heavy atom.